The van der Waals surface area contributed by atoms with Crippen LogP contribution in [0.25, 0.3) is 0 Å². The molecule has 1 unspecified atom stereocenters. The summed E-state index contributed by atoms with van der Waals surface area (Å²) in [5.74, 6) is -0.201. The Kier molecular flexibility index (Phi) is 6.75. The number of carbonyl (C=O) groups excluding carboxylic acids is 1. The molecule has 0 saturated carbocycles. The molecule has 0 aromatic heterocycles. The molecule has 0 aliphatic carbocycles. The molecule has 1 rings (SSSR count). The summed E-state index contributed by atoms with van der Waals surface area (Å²) in [6.07, 6.45) is 0.358. The first-order valence-corrected chi connectivity index (χ1v) is 4.57. The van der Waals surface area contributed by atoms with Crippen LogP contribution in [0.4, 0.5) is 0 Å². The van der Waals surface area contributed by atoms with Gasteiger partial charge in [-0.3, -0.25) is 4.79 Å². The Balaban J connectivity index is 0.00000196. The first kappa shape index (κ1) is 13.9. The Hall–Kier alpha value is -1.06. The van der Waals surface area contributed by atoms with Crippen molar-refractivity contribution < 1.29 is 9.53 Å². The lowest BCUT2D eigenvalue weighted by atomic mass is 10.0. The molecule has 3 nitrogen and oxygen atoms in total. The number of ether oxygens (including phenoxy) is 1. The van der Waals surface area contributed by atoms with E-state index in [1.807, 2.05) is 37.4 Å². The van der Waals surface area contributed by atoms with E-state index in [2.05, 4.69) is 10.1 Å². The fraction of sp³-hybridized carbons (Fsp3) is 0.364. The Labute approximate surface area is 96.2 Å². The molecule has 15 heavy (non-hydrogen) atoms. The van der Waals surface area contributed by atoms with Gasteiger partial charge in [0.15, 0.2) is 0 Å². The minimum absolute atomic E-state index is 0. The quantitative estimate of drug-likeness (QED) is 0.802. The normalized spacial score (nSPS) is 11.3. The number of halogens is 1. The van der Waals surface area contributed by atoms with Crippen molar-refractivity contribution in [1.82, 2.24) is 5.32 Å². The van der Waals surface area contributed by atoms with Gasteiger partial charge in [-0.15, -0.1) is 12.4 Å². The number of methoxy groups -OCH3 is 1. The van der Waals surface area contributed by atoms with Crippen LogP contribution >= 0.6 is 12.4 Å². The van der Waals surface area contributed by atoms with Crippen molar-refractivity contribution in [2.75, 3.05) is 14.2 Å². The van der Waals surface area contributed by atoms with E-state index >= 15 is 0 Å². The molecule has 4 heteroatoms. The van der Waals surface area contributed by atoms with E-state index in [-0.39, 0.29) is 24.4 Å². The van der Waals surface area contributed by atoms with Crippen molar-refractivity contribution in [2.45, 2.75) is 12.5 Å². The average Bonchev–Trinajstić information content (AvgIpc) is 2.26. The van der Waals surface area contributed by atoms with Crippen molar-refractivity contribution in [3.63, 3.8) is 0 Å². The maximum Gasteiger partial charge on any atom is 0.307 e. The monoisotopic (exact) mass is 229 g/mol. The summed E-state index contributed by atoms with van der Waals surface area (Å²) < 4.78 is 4.63. The highest BCUT2D eigenvalue weighted by atomic mass is 35.5. The summed E-state index contributed by atoms with van der Waals surface area (Å²) in [6, 6.07) is 9.87. The van der Waals surface area contributed by atoms with Crippen LogP contribution in [0.15, 0.2) is 30.3 Å². The van der Waals surface area contributed by atoms with E-state index in [0.29, 0.717) is 6.42 Å². The van der Waals surface area contributed by atoms with Crippen LogP contribution in [0.3, 0.4) is 0 Å². The lowest BCUT2D eigenvalue weighted by Gasteiger charge is -2.14. The minimum atomic E-state index is -0.201. The topological polar surface area (TPSA) is 38.3 Å². The molecule has 84 valence electrons. The number of nitrogens with one attached hydrogen (secondary N) is 1. The molecule has 0 amide bonds. The maximum absolute atomic E-state index is 11.1. The minimum Gasteiger partial charge on any atom is -0.469 e. The zero-order chi connectivity index (χ0) is 10.4. The van der Waals surface area contributed by atoms with Gasteiger partial charge in [0, 0.05) is 6.04 Å². The summed E-state index contributed by atoms with van der Waals surface area (Å²) >= 11 is 0. The summed E-state index contributed by atoms with van der Waals surface area (Å²) in [7, 11) is 3.24. The molecule has 1 aromatic rings. The van der Waals surface area contributed by atoms with E-state index in [4.69, 9.17) is 0 Å². The van der Waals surface area contributed by atoms with Crippen LogP contribution in [0, 0.1) is 0 Å². The maximum atomic E-state index is 11.1. The van der Waals surface area contributed by atoms with Gasteiger partial charge in [0.05, 0.1) is 13.5 Å². The predicted molar refractivity (Wildman–Crippen MR) is 62.1 cm³/mol. The summed E-state index contributed by atoms with van der Waals surface area (Å²) in [4.78, 5) is 11.1. The Bertz CT molecular complexity index is 290. The second-order valence-corrected chi connectivity index (χ2v) is 3.03. The second-order valence-electron chi connectivity index (χ2n) is 3.03. The van der Waals surface area contributed by atoms with E-state index in [1.165, 1.54) is 7.11 Å². The van der Waals surface area contributed by atoms with Crippen molar-refractivity contribution >= 4 is 18.4 Å². The molecule has 1 aromatic carbocycles. The SMILES string of the molecule is CNC(CC(=O)OC)c1ccccc1.Cl. The third-order valence-corrected chi connectivity index (χ3v) is 2.15. The molecular formula is C11H16ClNO2. The van der Waals surface area contributed by atoms with Crippen molar-refractivity contribution in [1.29, 1.82) is 0 Å². The number of benzene rings is 1. The van der Waals surface area contributed by atoms with Crippen LogP contribution in [0.2, 0.25) is 0 Å². The number of esters is 1. The van der Waals surface area contributed by atoms with Gasteiger partial charge < -0.3 is 10.1 Å². The number of hydrogen-bond acceptors (Lipinski definition) is 3. The molecule has 0 saturated heterocycles. The van der Waals surface area contributed by atoms with Crippen LogP contribution in [-0.4, -0.2) is 20.1 Å². The summed E-state index contributed by atoms with van der Waals surface area (Å²) in [5, 5.41) is 3.08. The van der Waals surface area contributed by atoms with E-state index in [0.717, 1.165) is 5.56 Å². The first-order valence-electron chi connectivity index (χ1n) is 4.57. The molecule has 1 atom stereocenters. The van der Waals surface area contributed by atoms with E-state index in [9.17, 15) is 4.79 Å². The van der Waals surface area contributed by atoms with Gasteiger partial charge in [0.1, 0.15) is 0 Å². The van der Waals surface area contributed by atoms with Gasteiger partial charge in [0.2, 0.25) is 0 Å². The van der Waals surface area contributed by atoms with Crippen molar-refractivity contribution in [2.24, 2.45) is 0 Å². The summed E-state index contributed by atoms with van der Waals surface area (Å²) in [6.45, 7) is 0. The average molecular weight is 230 g/mol. The highest BCUT2D eigenvalue weighted by Crippen LogP contribution is 2.15. The standard InChI is InChI=1S/C11H15NO2.ClH/c1-12-10(8-11(13)14-2)9-6-4-3-5-7-9;/h3-7,10,12H,8H2,1-2H3;1H. The van der Waals surface area contributed by atoms with Crippen LogP contribution < -0.4 is 5.32 Å². The second kappa shape index (κ2) is 7.26. The molecule has 1 N–H and O–H groups in total. The lowest BCUT2D eigenvalue weighted by molar-refractivity contribution is -0.141. The summed E-state index contributed by atoms with van der Waals surface area (Å²) in [5.41, 5.74) is 1.10. The molecule has 0 radical (unpaired) electrons. The Morgan fingerprint density at radius 1 is 1.40 bits per heavy atom. The van der Waals surface area contributed by atoms with Crippen molar-refractivity contribution in [3.8, 4) is 0 Å². The Morgan fingerprint density at radius 2 is 2.00 bits per heavy atom. The van der Waals surface area contributed by atoms with Crippen LogP contribution in [-0.2, 0) is 9.53 Å². The number of hydrogen-bond donors (Lipinski definition) is 1. The first-order chi connectivity index (χ1) is 6.77. The molecule has 0 bridgehead atoms. The predicted octanol–water partition coefficient (Wildman–Crippen LogP) is 1.93. The van der Waals surface area contributed by atoms with E-state index in [1.54, 1.807) is 0 Å². The highest BCUT2D eigenvalue weighted by molar-refractivity contribution is 5.85. The molecule has 0 aliphatic heterocycles. The van der Waals surface area contributed by atoms with Gasteiger partial charge in [-0.2, -0.15) is 0 Å². The van der Waals surface area contributed by atoms with Gasteiger partial charge in [-0.25, -0.2) is 0 Å². The van der Waals surface area contributed by atoms with Crippen molar-refractivity contribution in [3.05, 3.63) is 35.9 Å². The smallest absolute Gasteiger partial charge is 0.307 e. The fourth-order valence-corrected chi connectivity index (χ4v) is 1.32. The molecular weight excluding hydrogens is 214 g/mol. The van der Waals surface area contributed by atoms with Gasteiger partial charge in [-0.1, -0.05) is 30.3 Å². The molecule has 0 heterocycles. The van der Waals surface area contributed by atoms with Crippen LogP contribution in [0.1, 0.15) is 18.0 Å². The molecule has 0 spiro atoms. The lowest BCUT2D eigenvalue weighted by Crippen LogP contribution is -2.20. The van der Waals surface area contributed by atoms with Gasteiger partial charge in [-0.05, 0) is 12.6 Å². The largest absolute Gasteiger partial charge is 0.469 e. The third kappa shape index (κ3) is 4.32. The Morgan fingerprint density at radius 3 is 2.47 bits per heavy atom. The van der Waals surface area contributed by atoms with Crippen LogP contribution in [0.5, 0.6) is 0 Å². The zero-order valence-electron chi connectivity index (χ0n) is 8.90. The van der Waals surface area contributed by atoms with E-state index < -0.39 is 0 Å². The van der Waals surface area contributed by atoms with Gasteiger partial charge >= 0.3 is 5.97 Å². The zero-order valence-corrected chi connectivity index (χ0v) is 9.71. The number of carbonyl (C=O) groups is 1. The third-order valence-electron chi connectivity index (χ3n) is 2.15. The highest BCUT2D eigenvalue weighted by Gasteiger charge is 2.13. The molecule has 0 fully saturated rings. The number of rotatable bonds is 4. The van der Waals surface area contributed by atoms with Gasteiger partial charge in [0.25, 0.3) is 0 Å². The molecule has 0 aliphatic rings. The fourth-order valence-electron chi connectivity index (χ4n) is 1.32.